The highest BCUT2D eigenvalue weighted by atomic mass is 19.4. The van der Waals surface area contributed by atoms with Gasteiger partial charge >= 0.3 is 6.18 Å². The highest BCUT2D eigenvalue weighted by Crippen LogP contribution is 2.22. The second kappa shape index (κ2) is 6.01. The third kappa shape index (κ3) is 4.50. The molecule has 1 unspecified atom stereocenters. The Morgan fingerprint density at radius 3 is 2.67 bits per heavy atom. The Labute approximate surface area is 103 Å². The van der Waals surface area contributed by atoms with Gasteiger partial charge in [-0.15, -0.1) is 0 Å². The van der Waals surface area contributed by atoms with Crippen LogP contribution in [0.3, 0.4) is 0 Å². The van der Waals surface area contributed by atoms with E-state index in [1.807, 2.05) is 0 Å². The number of nitrogens with zero attached hydrogens (tertiary/aromatic N) is 2. The number of aliphatic hydroxyl groups is 1. The molecule has 1 rings (SSSR count). The molecule has 1 atom stereocenters. The second-order valence-electron chi connectivity index (χ2n) is 4.00. The van der Waals surface area contributed by atoms with E-state index in [1.165, 1.54) is 12.3 Å². The Morgan fingerprint density at radius 2 is 2.17 bits per heavy atom. The van der Waals surface area contributed by atoms with Crippen molar-refractivity contribution >= 4 is 5.82 Å². The first-order valence-corrected chi connectivity index (χ1v) is 5.47. The third-order valence-electron chi connectivity index (χ3n) is 2.36. The van der Waals surface area contributed by atoms with Gasteiger partial charge in [0.25, 0.3) is 0 Å². The van der Waals surface area contributed by atoms with Gasteiger partial charge in [-0.05, 0) is 24.6 Å². The predicted octanol–water partition coefficient (Wildman–Crippen LogP) is 1.46. The Hall–Kier alpha value is -1.34. The van der Waals surface area contributed by atoms with Gasteiger partial charge in [0, 0.05) is 18.8 Å². The molecule has 0 amide bonds. The summed E-state index contributed by atoms with van der Waals surface area (Å²) < 4.78 is 37.2. The van der Waals surface area contributed by atoms with Crippen LogP contribution in [0, 0.1) is 0 Å². The average molecular weight is 263 g/mol. The zero-order valence-electron chi connectivity index (χ0n) is 9.98. The van der Waals surface area contributed by atoms with Crippen molar-refractivity contribution in [2.24, 2.45) is 5.73 Å². The van der Waals surface area contributed by atoms with E-state index in [4.69, 9.17) is 10.8 Å². The van der Waals surface area contributed by atoms with E-state index < -0.39 is 12.7 Å². The molecule has 0 radical (unpaired) electrons. The molecule has 1 aromatic heterocycles. The van der Waals surface area contributed by atoms with Crippen molar-refractivity contribution in [3.63, 3.8) is 0 Å². The van der Waals surface area contributed by atoms with Gasteiger partial charge in [-0.2, -0.15) is 13.2 Å². The molecule has 0 aliphatic heterocycles. The van der Waals surface area contributed by atoms with Crippen molar-refractivity contribution in [2.45, 2.75) is 19.1 Å². The van der Waals surface area contributed by atoms with Crippen LogP contribution in [0.5, 0.6) is 0 Å². The van der Waals surface area contributed by atoms with Crippen LogP contribution in [0.4, 0.5) is 19.0 Å². The highest BCUT2D eigenvalue weighted by Gasteiger charge is 2.31. The molecule has 1 aromatic rings. The van der Waals surface area contributed by atoms with Gasteiger partial charge < -0.3 is 15.7 Å². The minimum Gasteiger partial charge on any atom is -0.395 e. The van der Waals surface area contributed by atoms with Crippen LogP contribution in [0.25, 0.3) is 0 Å². The number of anilines is 1. The minimum absolute atomic E-state index is 0.130. The fraction of sp³-hybridized carbons (Fsp3) is 0.545. The summed E-state index contributed by atoms with van der Waals surface area (Å²) in [5, 5.41) is 8.81. The van der Waals surface area contributed by atoms with Gasteiger partial charge in [-0.25, -0.2) is 4.98 Å². The molecular weight excluding hydrogens is 247 g/mol. The molecule has 0 aliphatic rings. The van der Waals surface area contributed by atoms with Crippen LogP contribution < -0.4 is 10.6 Å². The Morgan fingerprint density at radius 1 is 1.50 bits per heavy atom. The standard InChI is InChI=1S/C11H16F3N3O/c1-8(15)9-2-3-16-10(6-9)17(4-5-18)7-11(12,13)14/h2-3,6,8,18H,4-5,7,15H2,1H3. The molecule has 0 saturated heterocycles. The van der Waals surface area contributed by atoms with E-state index in [0.29, 0.717) is 5.56 Å². The molecule has 102 valence electrons. The Kier molecular flexibility index (Phi) is 4.92. The van der Waals surface area contributed by atoms with Gasteiger partial charge in [0.2, 0.25) is 0 Å². The van der Waals surface area contributed by atoms with E-state index in [0.717, 1.165) is 4.90 Å². The molecule has 0 aliphatic carbocycles. The number of rotatable bonds is 5. The molecule has 1 heterocycles. The summed E-state index contributed by atoms with van der Waals surface area (Å²) in [6, 6.07) is 2.87. The summed E-state index contributed by atoms with van der Waals surface area (Å²) in [4.78, 5) is 4.86. The zero-order chi connectivity index (χ0) is 13.8. The third-order valence-corrected chi connectivity index (χ3v) is 2.36. The van der Waals surface area contributed by atoms with Crippen molar-refractivity contribution in [3.8, 4) is 0 Å². The Balaban J connectivity index is 2.94. The number of aromatic nitrogens is 1. The maximum Gasteiger partial charge on any atom is 0.405 e. The number of aliphatic hydroxyl groups excluding tert-OH is 1. The van der Waals surface area contributed by atoms with Gasteiger partial charge in [0.05, 0.1) is 6.61 Å². The first kappa shape index (κ1) is 14.7. The SMILES string of the molecule is CC(N)c1ccnc(N(CCO)CC(F)(F)F)c1. The molecule has 3 N–H and O–H groups in total. The van der Waals surface area contributed by atoms with Gasteiger partial charge in [-0.1, -0.05) is 0 Å². The topological polar surface area (TPSA) is 62.4 Å². The van der Waals surface area contributed by atoms with Crippen molar-refractivity contribution in [3.05, 3.63) is 23.9 Å². The first-order valence-electron chi connectivity index (χ1n) is 5.47. The first-order chi connectivity index (χ1) is 8.33. The van der Waals surface area contributed by atoms with Crippen LogP contribution in [0.15, 0.2) is 18.3 Å². The Bertz CT molecular complexity index is 382. The maximum atomic E-state index is 12.4. The number of alkyl halides is 3. The number of hydrogen-bond acceptors (Lipinski definition) is 4. The summed E-state index contributed by atoms with van der Waals surface area (Å²) in [7, 11) is 0. The lowest BCUT2D eigenvalue weighted by Crippen LogP contribution is -2.36. The lowest BCUT2D eigenvalue weighted by molar-refractivity contribution is -0.120. The molecule has 7 heteroatoms. The van der Waals surface area contributed by atoms with Crippen molar-refractivity contribution < 1.29 is 18.3 Å². The van der Waals surface area contributed by atoms with E-state index in [9.17, 15) is 13.2 Å². The normalized spacial score (nSPS) is 13.4. The quantitative estimate of drug-likeness (QED) is 0.844. The van der Waals surface area contributed by atoms with E-state index in [2.05, 4.69) is 4.98 Å². The maximum absolute atomic E-state index is 12.4. The molecule has 0 spiro atoms. The summed E-state index contributed by atoms with van der Waals surface area (Å²) in [6.07, 6.45) is -2.93. The van der Waals surface area contributed by atoms with Gasteiger partial charge in [0.15, 0.2) is 0 Å². The number of pyridine rings is 1. The lowest BCUT2D eigenvalue weighted by atomic mass is 10.1. The molecular formula is C11H16F3N3O. The van der Waals surface area contributed by atoms with Crippen molar-refractivity contribution in [2.75, 3.05) is 24.6 Å². The smallest absolute Gasteiger partial charge is 0.395 e. The van der Waals surface area contributed by atoms with Crippen molar-refractivity contribution in [1.29, 1.82) is 0 Å². The molecule has 0 bridgehead atoms. The fourth-order valence-corrected chi connectivity index (χ4v) is 1.50. The molecule has 4 nitrogen and oxygen atoms in total. The fourth-order valence-electron chi connectivity index (χ4n) is 1.50. The van der Waals surface area contributed by atoms with Crippen molar-refractivity contribution in [1.82, 2.24) is 4.98 Å². The summed E-state index contributed by atoms with van der Waals surface area (Å²) in [5.74, 6) is 0.163. The van der Waals surface area contributed by atoms with Crippen LogP contribution >= 0.6 is 0 Å². The molecule has 0 aromatic carbocycles. The van der Waals surface area contributed by atoms with E-state index in [1.54, 1.807) is 13.0 Å². The molecule has 18 heavy (non-hydrogen) atoms. The number of halogens is 3. The van der Waals surface area contributed by atoms with Gasteiger partial charge in [0.1, 0.15) is 12.4 Å². The highest BCUT2D eigenvalue weighted by molar-refractivity contribution is 5.42. The minimum atomic E-state index is -4.35. The predicted molar refractivity (Wildman–Crippen MR) is 62.2 cm³/mol. The van der Waals surface area contributed by atoms with E-state index in [-0.39, 0.29) is 25.0 Å². The number of nitrogens with two attached hydrogens (primary N) is 1. The number of hydrogen-bond donors (Lipinski definition) is 2. The molecule has 0 saturated carbocycles. The zero-order valence-corrected chi connectivity index (χ0v) is 9.98. The van der Waals surface area contributed by atoms with Crippen LogP contribution in [-0.4, -0.2) is 36.0 Å². The monoisotopic (exact) mass is 263 g/mol. The summed E-state index contributed by atoms with van der Waals surface area (Å²) in [6.45, 7) is 0.0807. The van der Waals surface area contributed by atoms with Crippen LogP contribution in [-0.2, 0) is 0 Å². The molecule has 0 fully saturated rings. The summed E-state index contributed by atoms with van der Waals surface area (Å²) in [5.41, 5.74) is 6.37. The van der Waals surface area contributed by atoms with Crippen LogP contribution in [0.1, 0.15) is 18.5 Å². The summed E-state index contributed by atoms with van der Waals surface area (Å²) >= 11 is 0. The largest absolute Gasteiger partial charge is 0.405 e. The lowest BCUT2D eigenvalue weighted by Gasteiger charge is -2.24. The van der Waals surface area contributed by atoms with Gasteiger partial charge in [-0.3, -0.25) is 0 Å². The van der Waals surface area contributed by atoms with E-state index >= 15 is 0 Å². The van der Waals surface area contributed by atoms with Crippen LogP contribution in [0.2, 0.25) is 0 Å². The average Bonchev–Trinajstić information content (AvgIpc) is 2.27. The second-order valence-corrected chi connectivity index (χ2v) is 4.00.